The second kappa shape index (κ2) is 6.62. The molecule has 24 heavy (non-hydrogen) atoms. The molecule has 0 aliphatic rings. The van der Waals surface area contributed by atoms with Gasteiger partial charge in [0.1, 0.15) is 18.9 Å². The van der Waals surface area contributed by atoms with E-state index in [1.807, 2.05) is 60.0 Å². The van der Waals surface area contributed by atoms with Crippen LogP contribution in [0.3, 0.4) is 0 Å². The molecule has 0 bridgehead atoms. The molecular formula is C18H20N4O2. The Bertz CT molecular complexity index is 940. The molecule has 0 spiro atoms. The van der Waals surface area contributed by atoms with E-state index in [4.69, 9.17) is 15.9 Å². The van der Waals surface area contributed by atoms with Gasteiger partial charge in [0.15, 0.2) is 0 Å². The molecule has 0 radical (unpaired) electrons. The largest absolute Gasteiger partial charge is 0.492 e. The van der Waals surface area contributed by atoms with Crippen LogP contribution < -0.4 is 16.1 Å². The number of aromatic nitrogens is 2. The van der Waals surface area contributed by atoms with Gasteiger partial charge in [-0.05, 0) is 36.8 Å². The lowest BCUT2D eigenvalue weighted by Gasteiger charge is -2.08. The number of para-hydroxylation sites is 2. The van der Waals surface area contributed by atoms with Gasteiger partial charge >= 0.3 is 0 Å². The highest BCUT2D eigenvalue weighted by Crippen LogP contribution is 2.14. The number of hydrogen-bond donors (Lipinski definition) is 2. The van der Waals surface area contributed by atoms with E-state index in [-0.39, 0.29) is 12.2 Å². The van der Waals surface area contributed by atoms with Crippen molar-refractivity contribution in [3.05, 3.63) is 59.7 Å². The summed E-state index contributed by atoms with van der Waals surface area (Å²) < 4.78 is 9.22. The number of carbonyl (C=O) groups excluding carboxylic acids is 1. The Hall–Kier alpha value is -3.02. The molecule has 0 aliphatic heterocycles. The number of imidazole rings is 1. The van der Waals surface area contributed by atoms with Crippen molar-refractivity contribution in [2.45, 2.75) is 20.0 Å². The maximum absolute atomic E-state index is 11.3. The Morgan fingerprint density at radius 2 is 1.83 bits per heavy atom. The smallest absolute Gasteiger partial charge is 0.237 e. The van der Waals surface area contributed by atoms with Crippen molar-refractivity contribution in [1.29, 1.82) is 5.41 Å². The van der Waals surface area contributed by atoms with Gasteiger partial charge in [0.05, 0.1) is 17.6 Å². The molecule has 2 aromatic carbocycles. The first kappa shape index (κ1) is 15.9. The molecule has 1 heterocycles. The highest BCUT2D eigenvalue weighted by atomic mass is 16.5. The Balaban J connectivity index is 1.85. The third-order valence-electron chi connectivity index (χ3n) is 3.86. The van der Waals surface area contributed by atoms with Gasteiger partial charge in [-0.1, -0.05) is 24.3 Å². The number of benzene rings is 2. The van der Waals surface area contributed by atoms with Crippen molar-refractivity contribution in [3.8, 4) is 5.75 Å². The molecule has 3 N–H and O–H groups in total. The van der Waals surface area contributed by atoms with E-state index in [0.29, 0.717) is 13.2 Å². The summed E-state index contributed by atoms with van der Waals surface area (Å²) in [5.74, 6) is 0.343. The summed E-state index contributed by atoms with van der Waals surface area (Å²) in [5.41, 5.74) is 8.39. The second-order valence-corrected chi connectivity index (χ2v) is 5.68. The second-order valence-electron chi connectivity index (χ2n) is 5.68. The normalized spacial score (nSPS) is 10.9. The molecule has 3 rings (SSSR count). The summed E-state index contributed by atoms with van der Waals surface area (Å²) in [6.07, 6.45) is 0. The van der Waals surface area contributed by atoms with Crippen molar-refractivity contribution in [1.82, 2.24) is 9.13 Å². The lowest BCUT2D eigenvalue weighted by atomic mass is 10.2. The summed E-state index contributed by atoms with van der Waals surface area (Å²) in [4.78, 5) is 11.3. The van der Waals surface area contributed by atoms with Crippen LogP contribution in [0.25, 0.3) is 11.0 Å². The predicted molar refractivity (Wildman–Crippen MR) is 91.7 cm³/mol. The van der Waals surface area contributed by atoms with Gasteiger partial charge in [0.25, 0.3) is 0 Å². The SMILES string of the molecule is Cc1cccc(OCCn2c(=N)n(CC(N)=O)c3ccccc32)c1. The third kappa shape index (κ3) is 3.17. The number of nitrogens with two attached hydrogens (primary N) is 1. The van der Waals surface area contributed by atoms with Crippen LogP contribution in [0.4, 0.5) is 0 Å². The molecule has 0 fully saturated rings. The molecule has 6 nitrogen and oxygen atoms in total. The lowest BCUT2D eigenvalue weighted by Crippen LogP contribution is -2.30. The first-order valence-corrected chi connectivity index (χ1v) is 7.76. The molecule has 1 amide bonds. The fourth-order valence-electron chi connectivity index (χ4n) is 2.80. The number of hydrogen-bond acceptors (Lipinski definition) is 3. The molecule has 0 unspecified atom stereocenters. The number of carbonyl (C=O) groups is 1. The molecule has 3 aromatic rings. The number of rotatable bonds is 6. The minimum atomic E-state index is -0.465. The molecule has 124 valence electrons. The summed E-state index contributed by atoms with van der Waals surface area (Å²) in [7, 11) is 0. The number of ether oxygens (including phenoxy) is 1. The number of nitrogens with zero attached hydrogens (tertiary/aromatic N) is 2. The Morgan fingerprint density at radius 3 is 2.50 bits per heavy atom. The zero-order valence-electron chi connectivity index (χ0n) is 13.5. The summed E-state index contributed by atoms with van der Waals surface area (Å²) in [6, 6.07) is 15.5. The van der Waals surface area contributed by atoms with Gasteiger partial charge in [0, 0.05) is 0 Å². The molecule has 0 saturated carbocycles. The van der Waals surface area contributed by atoms with E-state index in [2.05, 4.69) is 0 Å². The van der Waals surface area contributed by atoms with Gasteiger partial charge in [-0.25, -0.2) is 0 Å². The van der Waals surface area contributed by atoms with Gasteiger partial charge in [-0.15, -0.1) is 0 Å². The van der Waals surface area contributed by atoms with Crippen molar-refractivity contribution in [3.63, 3.8) is 0 Å². The Kier molecular flexibility index (Phi) is 4.37. The van der Waals surface area contributed by atoms with Crippen LogP contribution in [0.5, 0.6) is 5.75 Å². The fourth-order valence-corrected chi connectivity index (χ4v) is 2.80. The van der Waals surface area contributed by atoms with E-state index in [0.717, 1.165) is 22.3 Å². The van der Waals surface area contributed by atoms with Gasteiger partial charge in [0.2, 0.25) is 11.5 Å². The number of amides is 1. The first-order chi connectivity index (χ1) is 11.6. The van der Waals surface area contributed by atoms with Crippen molar-refractivity contribution >= 4 is 16.9 Å². The molecule has 0 atom stereocenters. The standard InChI is InChI=1S/C18H20N4O2/c1-13-5-4-6-14(11-13)24-10-9-21-15-7-2-3-8-16(15)22(18(21)20)12-17(19)23/h2-8,11,20H,9-10,12H2,1H3,(H2,19,23). The zero-order valence-corrected chi connectivity index (χ0v) is 13.5. The minimum absolute atomic E-state index is 0.00885. The molecule has 6 heteroatoms. The zero-order chi connectivity index (χ0) is 17.1. The molecule has 1 aromatic heterocycles. The van der Waals surface area contributed by atoms with Crippen LogP contribution in [0.2, 0.25) is 0 Å². The minimum Gasteiger partial charge on any atom is -0.492 e. The predicted octanol–water partition coefficient (Wildman–Crippen LogP) is 1.79. The van der Waals surface area contributed by atoms with E-state index in [1.165, 1.54) is 0 Å². The van der Waals surface area contributed by atoms with Crippen LogP contribution >= 0.6 is 0 Å². The first-order valence-electron chi connectivity index (χ1n) is 7.76. The molecular weight excluding hydrogens is 304 g/mol. The van der Waals surface area contributed by atoms with E-state index < -0.39 is 5.91 Å². The number of primary amides is 1. The van der Waals surface area contributed by atoms with Crippen LogP contribution in [0.15, 0.2) is 48.5 Å². The third-order valence-corrected chi connectivity index (χ3v) is 3.86. The van der Waals surface area contributed by atoms with Crippen LogP contribution in [-0.4, -0.2) is 21.6 Å². The van der Waals surface area contributed by atoms with Crippen LogP contribution in [0, 0.1) is 12.3 Å². The maximum atomic E-state index is 11.3. The van der Waals surface area contributed by atoms with Crippen molar-refractivity contribution < 1.29 is 9.53 Å². The van der Waals surface area contributed by atoms with Crippen molar-refractivity contribution in [2.75, 3.05) is 6.61 Å². The van der Waals surface area contributed by atoms with Crippen LogP contribution in [0.1, 0.15) is 5.56 Å². The Labute approximate surface area is 139 Å². The van der Waals surface area contributed by atoms with E-state index in [1.54, 1.807) is 4.57 Å². The highest BCUT2D eigenvalue weighted by molar-refractivity contribution is 5.79. The van der Waals surface area contributed by atoms with E-state index >= 15 is 0 Å². The Morgan fingerprint density at radius 1 is 1.12 bits per heavy atom. The monoisotopic (exact) mass is 324 g/mol. The number of fused-ring (bicyclic) bond motifs is 1. The summed E-state index contributed by atoms with van der Waals surface area (Å²) >= 11 is 0. The number of nitrogens with one attached hydrogen (secondary N) is 1. The van der Waals surface area contributed by atoms with Gasteiger partial charge in [-0.3, -0.25) is 10.2 Å². The topological polar surface area (TPSA) is 86.0 Å². The maximum Gasteiger partial charge on any atom is 0.237 e. The van der Waals surface area contributed by atoms with Gasteiger partial charge < -0.3 is 19.6 Å². The fraction of sp³-hybridized carbons (Fsp3) is 0.222. The van der Waals surface area contributed by atoms with E-state index in [9.17, 15) is 4.79 Å². The average molecular weight is 324 g/mol. The molecule has 0 saturated heterocycles. The quantitative estimate of drug-likeness (QED) is 0.724. The van der Waals surface area contributed by atoms with Gasteiger partial charge in [-0.2, -0.15) is 0 Å². The summed E-state index contributed by atoms with van der Waals surface area (Å²) in [5, 5.41) is 8.35. The lowest BCUT2D eigenvalue weighted by molar-refractivity contribution is -0.118. The summed E-state index contributed by atoms with van der Waals surface area (Å²) in [6.45, 7) is 2.95. The highest BCUT2D eigenvalue weighted by Gasteiger charge is 2.11. The average Bonchev–Trinajstić information content (AvgIpc) is 2.80. The van der Waals surface area contributed by atoms with Crippen LogP contribution in [-0.2, 0) is 17.9 Å². The number of aryl methyl sites for hydroxylation is 1. The molecule has 0 aliphatic carbocycles. The van der Waals surface area contributed by atoms with Crippen molar-refractivity contribution in [2.24, 2.45) is 5.73 Å².